The summed E-state index contributed by atoms with van der Waals surface area (Å²) in [5.41, 5.74) is 5.07. The van der Waals surface area contributed by atoms with E-state index in [1.807, 2.05) is 0 Å². The lowest BCUT2D eigenvalue weighted by molar-refractivity contribution is -0.137. The van der Waals surface area contributed by atoms with Crippen molar-refractivity contribution in [1.82, 2.24) is 40.2 Å². The number of aliphatic hydroxyl groups is 3. The minimum atomic E-state index is -4.79. The molecule has 24 heteroatoms. The van der Waals surface area contributed by atoms with E-state index in [1.165, 1.54) is 42.8 Å². The molecule has 0 spiro atoms. The third-order valence-electron chi connectivity index (χ3n) is 8.43. The summed E-state index contributed by atoms with van der Waals surface area (Å²) in [6.45, 7) is 2.73. The predicted molar refractivity (Wildman–Crippen MR) is 183 cm³/mol. The third kappa shape index (κ3) is 11.5. The first kappa shape index (κ1) is 41.2. The molecule has 21 nitrogen and oxygen atoms in total. The molecule has 11 N–H and O–H groups in total. The van der Waals surface area contributed by atoms with Gasteiger partial charge in [-0.2, -0.15) is 11.8 Å². The SMILES string of the molecule is CC(C)(COP(=O)(O)O)[C@@H](O)C(=O)NCCC(=O)NCCS[C@H](CS(=O)(=O)NC[C@H]1O[C@@H](n2cnc3c(N)ncnc32)[C@H](O)[C@@H]1O)[C@@H]1CCCN1. The molecule has 2 aliphatic heterocycles. The number of anilines is 1. The van der Waals surface area contributed by atoms with Crippen LogP contribution >= 0.6 is 19.6 Å². The van der Waals surface area contributed by atoms with Crippen molar-refractivity contribution in [3.63, 3.8) is 0 Å². The van der Waals surface area contributed by atoms with Gasteiger partial charge in [-0.1, -0.05) is 13.8 Å². The number of hydrogen-bond donors (Lipinski definition) is 10. The van der Waals surface area contributed by atoms with E-state index in [0.717, 1.165) is 19.4 Å². The zero-order valence-electron chi connectivity index (χ0n) is 28.0. The van der Waals surface area contributed by atoms with Crippen molar-refractivity contribution >= 4 is 58.4 Å². The molecule has 51 heavy (non-hydrogen) atoms. The lowest BCUT2D eigenvalue weighted by atomic mass is 9.87. The van der Waals surface area contributed by atoms with Gasteiger partial charge < -0.3 is 51.5 Å². The number of rotatable bonds is 19. The fraction of sp³-hybridized carbons (Fsp3) is 0.741. The molecule has 2 aromatic rings. The minimum absolute atomic E-state index is 0.0938. The summed E-state index contributed by atoms with van der Waals surface area (Å²) >= 11 is 1.37. The number of carbonyl (C=O) groups is 2. The van der Waals surface area contributed by atoms with Crippen LogP contribution in [-0.4, -0.2) is 145 Å². The van der Waals surface area contributed by atoms with Crippen LogP contribution in [0.4, 0.5) is 5.82 Å². The Balaban J connectivity index is 1.21. The van der Waals surface area contributed by atoms with Gasteiger partial charge in [-0.3, -0.25) is 18.7 Å². The van der Waals surface area contributed by atoms with Gasteiger partial charge in [0.1, 0.15) is 36.3 Å². The van der Waals surface area contributed by atoms with Gasteiger partial charge >= 0.3 is 7.82 Å². The summed E-state index contributed by atoms with van der Waals surface area (Å²) in [6, 6.07) is -0.0938. The van der Waals surface area contributed by atoms with E-state index in [4.69, 9.17) is 20.3 Å². The molecule has 7 atom stereocenters. The summed E-state index contributed by atoms with van der Waals surface area (Å²) in [5.74, 6) is -0.982. The minimum Gasteiger partial charge on any atom is -0.387 e. The number of aliphatic hydroxyl groups excluding tert-OH is 3. The first-order valence-electron chi connectivity index (χ1n) is 16.1. The highest BCUT2D eigenvalue weighted by atomic mass is 32.2. The van der Waals surface area contributed by atoms with Gasteiger partial charge in [0.2, 0.25) is 21.8 Å². The second-order valence-corrected chi connectivity index (χ2v) is 17.4. The molecule has 0 radical (unpaired) electrons. The Bertz CT molecular complexity index is 1660. The number of amides is 2. The van der Waals surface area contributed by atoms with E-state index in [-0.39, 0.29) is 60.1 Å². The van der Waals surface area contributed by atoms with Crippen molar-refractivity contribution in [2.24, 2.45) is 5.41 Å². The van der Waals surface area contributed by atoms with Gasteiger partial charge in [0.05, 0.1) is 18.7 Å². The zero-order chi connectivity index (χ0) is 37.6. The van der Waals surface area contributed by atoms with Crippen LogP contribution in [0.5, 0.6) is 0 Å². The normalized spacial score (nSPS) is 24.1. The molecule has 0 aliphatic carbocycles. The number of ether oxygens (including phenoxy) is 1. The highest BCUT2D eigenvalue weighted by molar-refractivity contribution is 8.01. The van der Waals surface area contributed by atoms with Gasteiger partial charge in [-0.15, -0.1) is 0 Å². The van der Waals surface area contributed by atoms with Crippen molar-refractivity contribution < 1.29 is 56.9 Å². The number of hydrogen-bond acceptors (Lipinski definition) is 16. The molecule has 0 bridgehead atoms. The van der Waals surface area contributed by atoms with Crippen LogP contribution in [0.3, 0.4) is 0 Å². The van der Waals surface area contributed by atoms with Gasteiger partial charge in [-0.25, -0.2) is 32.7 Å². The largest absolute Gasteiger partial charge is 0.469 e. The number of fused-ring (bicyclic) bond motifs is 1. The molecule has 2 saturated heterocycles. The van der Waals surface area contributed by atoms with Crippen molar-refractivity contribution in [3.8, 4) is 0 Å². The maximum atomic E-state index is 13.2. The summed E-state index contributed by atoms with van der Waals surface area (Å²) in [4.78, 5) is 54.5. The van der Waals surface area contributed by atoms with Crippen LogP contribution in [0.2, 0.25) is 0 Å². The average molecular weight is 784 g/mol. The number of thioether (sulfide) groups is 1. The fourth-order valence-electron chi connectivity index (χ4n) is 5.55. The lowest BCUT2D eigenvalue weighted by Crippen LogP contribution is -2.46. The van der Waals surface area contributed by atoms with E-state index >= 15 is 0 Å². The number of phosphoric ester groups is 1. The number of nitrogens with zero attached hydrogens (tertiary/aromatic N) is 4. The van der Waals surface area contributed by atoms with Crippen molar-refractivity contribution in [2.45, 2.75) is 75.0 Å². The van der Waals surface area contributed by atoms with Crippen LogP contribution in [0.25, 0.3) is 11.2 Å². The van der Waals surface area contributed by atoms with Crippen molar-refractivity contribution in [1.29, 1.82) is 0 Å². The number of nitrogen functional groups attached to an aromatic ring is 1. The predicted octanol–water partition coefficient (Wildman–Crippen LogP) is -3.08. The molecule has 2 fully saturated rings. The molecule has 0 unspecified atom stereocenters. The van der Waals surface area contributed by atoms with Crippen LogP contribution in [0, 0.1) is 5.41 Å². The summed E-state index contributed by atoms with van der Waals surface area (Å²) in [7, 11) is -8.69. The van der Waals surface area contributed by atoms with Gasteiger partial charge in [0.25, 0.3) is 0 Å². The quantitative estimate of drug-likeness (QED) is 0.0499. The third-order valence-corrected chi connectivity index (χ3v) is 11.9. The zero-order valence-corrected chi connectivity index (χ0v) is 30.5. The van der Waals surface area contributed by atoms with Gasteiger partial charge in [-0.05, 0) is 19.4 Å². The Hall–Kier alpha value is -2.54. The Morgan fingerprint density at radius 1 is 1.22 bits per heavy atom. The Labute approximate surface area is 298 Å². The number of carbonyl (C=O) groups excluding carboxylic acids is 2. The van der Waals surface area contributed by atoms with Crippen LogP contribution in [-0.2, 0) is 33.4 Å². The van der Waals surface area contributed by atoms with Crippen molar-refractivity contribution in [2.75, 3.05) is 50.0 Å². The lowest BCUT2D eigenvalue weighted by Gasteiger charge is -2.29. The number of imidazole rings is 1. The molecule has 0 saturated carbocycles. The van der Waals surface area contributed by atoms with Crippen LogP contribution < -0.4 is 26.4 Å². The van der Waals surface area contributed by atoms with E-state index < -0.39 is 72.3 Å². The Kier molecular flexibility index (Phi) is 14.2. The average Bonchev–Trinajstić information content (AvgIpc) is 3.81. The second-order valence-electron chi connectivity index (χ2n) is 12.9. The molecule has 4 rings (SSSR count). The molecule has 2 amide bonds. The maximum absolute atomic E-state index is 13.2. The van der Waals surface area contributed by atoms with Crippen LogP contribution in [0.1, 0.15) is 39.3 Å². The van der Waals surface area contributed by atoms with Gasteiger partial charge in [0.15, 0.2) is 17.7 Å². The molecule has 2 aliphatic rings. The van der Waals surface area contributed by atoms with Crippen LogP contribution in [0.15, 0.2) is 12.7 Å². The Morgan fingerprint density at radius 3 is 2.65 bits per heavy atom. The van der Waals surface area contributed by atoms with E-state index in [2.05, 4.69) is 40.1 Å². The van der Waals surface area contributed by atoms with E-state index in [0.29, 0.717) is 5.75 Å². The molecule has 2 aromatic heterocycles. The highest BCUT2D eigenvalue weighted by Gasteiger charge is 2.45. The topological polar surface area (TPSA) is 323 Å². The number of nitrogens with one attached hydrogen (secondary N) is 4. The Morgan fingerprint density at radius 2 is 1.96 bits per heavy atom. The van der Waals surface area contributed by atoms with Gasteiger partial charge in [0, 0.05) is 48.5 Å². The smallest absolute Gasteiger partial charge is 0.387 e. The molecular formula is C27H46N9O12PS2. The fourth-order valence-corrected chi connectivity index (χ4v) is 9.16. The molecule has 4 heterocycles. The number of aromatic nitrogens is 4. The first-order chi connectivity index (χ1) is 23.9. The number of nitrogens with two attached hydrogens (primary N) is 1. The maximum Gasteiger partial charge on any atom is 0.469 e. The van der Waals surface area contributed by atoms with E-state index in [9.17, 15) is 37.9 Å². The summed E-state index contributed by atoms with van der Waals surface area (Å²) in [5, 5.41) is 39.7. The monoisotopic (exact) mass is 783 g/mol. The molecule has 0 aromatic carbocycles. The standard InChI is InChI=1S/C27H46N9O12PS2/c1-27(2,12-47-49(42,43)44)22(40)25(41)31-7-5-18(37)30-8-9-50-17(15-4-3-6-29-15)11-51(45,46)35-10-16-20(38)21(39)26(48-16)36-14-34-19-23(28)32-13-33-24(19)36/h13-17,20-22,26,29,35,38-40H,3-12H2,1-2H3,(H,30,37)(H,31,41)(H2,28,32,33)(H2,42,43,44)/t15-,16+,17+,20+,21+,22-,26+/m0/s1. The number of phosphoric acid groups is 1. The summed E-state index contributed by atoms with van der Waals surface area (Å²) < 4.78 is 51.5. The van der Waals surface area contributed by atoms with Crippen molar-refractivity contribution in [3.05, 3.63) is 12.7 Å². The highest BCUT2D eigenvalue weighted by Crippen LogP contribution is 2.39. The second kappa shape index (κ2) is 17.5. The molecule has 288 valence electrons. The molecular weight excluding hydrogens is 737 g/mol. The first-order valence-corrected chi connectivity index (χ1v) is 20.3. The number of sulfonamides is 1. The summed E-state index contributed by atoms with van der Waals surface area (Å²) in [6.07, 6.45) is -2.58. The van der Waals surface area contributed by atoms with E-state index in [1.54, 1.807) is 0 Å².